The summed E-state index contributed by atoms with van der Waals surface area (Å²) < 4.78 is 19.3. The predicted molar refractivity (Wildman–Crippen MR) is 66.4 cm³/mol. The second kappa shape index (κ2) is 5.94. The van der Waals surface area contributed by atoms with Crippen LogP contribution in [0.15, 0.2) is 18.2 Å². The molecule has 0 bridgehead atoms. The van der Waals surface area contributed by atoms with Crippen LogP contribution < -0.4 is 0 Å². The molecule has 0 amide bonds. The molecule has 0 aliphatic carbocycles. The van der Waals surface area contributed by atoms with Gasteiger partial charge in [-0.3, -0.25) is 4.90 Å². The van der Waals surface area contributed by atoms with E-state index in [0.29, 0.717) is 24.3 Å². The molecule has 1 aromatic rings. The van der Waals surface area contributed by atoms with E-state index in [-0.39, 0.29) is 11.9 Å². The Morgan fingerprint density at radius 3 is 3.06 bits per heavy atom. The van der Waals surface area contributed by atoms with Gasteiger partial charge in [0.05, 0.1) is 24.3 Å². The fourth-order valence-corrected chi connectivity index (χ4v) is 2.16. The van der Waals surface area contributed by atoms with Gasteiger partial charge in [-0.15, -0.1) is 0 Å². The van der Waals surface area contributed by atoms with Gasteiger partial charge >= 0.3 is 0 Å². The molecule has 0 saturated carbocycles. The normalized spacial score (nSPS) is 20.6. The van der Waals surface area contributed by atoms with E-state index in [1.165, 1.54) is 6.07 Å². The third-order valence-corrected chi connectivity index (χ3v) is 3.25. The summed E-state index contributed by atoms with van der Waals surface area (Å²) >= 11 is 0. The number of hydrogen-bond donors (Lipinski definition) is 0. The van der Waals surface area contributed by atoms with Crippen molar-refractivity contribution in [2.45, 2.75) is 26.0 Å². The Bertz CT molecular complexity index is 456. The molecule has 1 aliphatic heterocycles. The molecule has 0 radical (unpaired) electrons. The van der Waals surface area contributed by atoms with Crippen molar-refractivity contribution in [3.8, 4) is 6.07 Å². The van der Waals surface area contributed by atoms with Crippen LogP contribution in [-0.4, -0.2) is 30.7 Å². The standard InChI is InChI=1S/C14H17FN2O/c1-2-13-10-17(5-6-18-13)9-12-4-3-11(8-16)7-14(12)15/h3-4,7,13H,2,5-6,9-10H2,1H3. The second-order valence-corrected chi connectivity index (χ2v) is 4.55. The maximum atomic E-state index is 13.8. The quantitative estimate of drug-likeness (QED) is 0.823. The van der Waals surface area contributed by atoms with Crippen LogP contribution in [0.3, 0.4) is 0 Å². The molecule has 18 heavy (non-hydrogen) atoms. The first kappa shape index (κ1) is 13.0. The lowest BCUT2D eigenvalue weighted by atomic mass is 10.1. The molecule has 1 unspecified atom stereocenters. The fourth-order valence-electron chi connectivity index (χ4n) is 2.16. The van der Waals surface area contributed by atoms with Gasteiger partial charge in [0.1, 0.15) is 5.82 Å². The number of benzene rings is 1. The highest BCUT2D eigenvalue weighted by Gasteiger charge is 2.19. The number of nitriles is 1. The largest absolute Gasteiger partial charge is 0.376 e. The maximum absolute atomic E-state index is 13.8. The monoisotopic (exact) mass is 248 g/mol. The number of ether oxygens (including phenoxy) is 1. The highest BCUT2D eigenvalue weighted by molar-refractivity contribution is 5.32. The number of nitrogens with zero attached hydrogens (tertiary/aromatic N) is 2. The van der Waals surface area contributed by atoms with Gasteiger partial charge in [0.15, 0.2) is 0 Å². The Kier molecular flexibility index (Phi) is 4.29. The van der Waals surface area contributed by atoms with Crippen molar-refractivity contribution in [3.05, 3.63) is 35.1 Å². The molecule has 4 heteroatoms. The van der Waals surface area contributed by atoms with Gasteiger partial charge in [-0.2, -0.15) is 5.26 Å². The van der Waals surface area contributed by atoms with E-state index in [2.05, 4.69) is 11.8 Å². The molecule has 0 spiro atoms. The summed E-state index contributed by atoms with van der Waals surface area (Å²) in [5, 5.41) is 8.70. The Labute approximate surface area is 107 Å². The molecule has 1 atom stereocenters. The second-order valence-electron chi connectivity index (χ2n) is 4.55. The Morgan fingerprint density at radius 2 is 2.39 bits per heavy atom. The molecule has 1 fully saturated rings. The first-order valence-corrected chi connectivity index (χ1v) is 6.25. The molecular formula is C14H17FN2O. The van der Waals surface area contributed by atoms with Gasteiger partial charge < -0.3 is 4.74 Å². The minimum atomic E-state index is -0.298. The van der Waals surface area contributed by atoms with Crippen LogP contribution in [0.5, 0.6) is 0 Å². The summed E-state index contributed by atoms with van der Waals surface area (Å²) in [4.78, 5) is 2.20. The van der Waals surface area contributed by atoms with Crippen molar-refractivity contribution in [3.63, 3.8) is 0 Å². The fraction of sp³-hybridized carbons (Fsp3) is 0.500. The zero-order chi connectivity index (χ0) is 13.0. The number of morpholine rings is 1. The summed E-state index contributed by atoms with van der Waals surface area (Å²) in [6, 6.07) is 6.60. The molecule has 1 heterocycles. The van der Waals surface area contributed by atoms with Crippen LogP contribution in [0.1, 0.15) is 24.5 Å². The minimum Gasteiger partial charge on any atom is -0.376 e. The molecule has 1 aliphatic rings. The van der Waals surface area contributed by atoms with Crippen molar-refractivity contribution >= 4 is 0 Å². The van der Waals surface area contributed by atoms with Crippen molar-refractivity contribution in [1.29, 1.82) is 5.26 Å². The van der Waals surface area contributed by atoms with E-state index in [1.807, 2.05) is 6.07 Å². The summed E-state index contributed by atoms with van der Waals surface area (Å²) in [6.45, 7) is 5.05. The van der Waals surface area contributed by atoms with Crippen LogP contribution in [0.4, 0.5) is 4.39 Å². The first-order valence-electron chi connectivity index (χ1n) is 6.25. The van der Waals surface area contributed by atoms with Crippen molar-refractivity contribution < 1.29 is 9.13 Å². The van der Waals surface area contributed by atoms with E-state index >= 15 is 0 Å². The summed E-state index contributed by atoms with van der Waals surface area (Å²) in [5.74, 6) is -0.298. The van der Waals surface area contributed by atoms with Crippen LogP contribution in [0.25, 0.3) is 0 Å². The molecule has 96 valence electrons. The molecule has 3 nitrogen and oxygen atoms in total. The lowest BCUT2D eigenvalue weighted by Crippen LogP contribution is -2.41. The van der Waals surface area contributed by atoms with E-state index in [9.17, 15) is 4.39 Å². The number of rotatable bonds is 3. The van der Waals surface area contributed by atoms with E-state index in [4.69, 9.17) is 10.00 Å². The van der Waals surface area contributed by atoms with Gasteiger partial charge in [0, 0.05) is 25.2 Å². The highest BCUT2D eigenvalue weighted by atomic mass is 19.1. The van der Waals surface area contributed by atoms with Crippen LogP contribution >= 0.6 is 0 Å². The topological polar surface area (TPSA) is 36.3 Å². The van der Waals surface area contributed by atoms with Crippen LogP contribution in [0, 0.1) is 17.1 Å². The van der Waals surface area contributed by atoms with E-state index in [0.717, 1.165) is 19.5 Å². The van der Waals surface area contributed by atoms with E-state index < -0.39 is 0 Å². The zero-order valence-corrected chi connectivity index (χ0v) is 10.5. The molecule has 1 saturated heterocycles. The lowest BCUT2D eigenvalue weighted by Gasteiger charge is -2.32. The Hall–Kier alpha value is -1.44. The molecule has 0 aromatic heterocycles. The number of halogens is 1. The van der Waals surface area contributed by atoms with Crippen LogP contribution in [0.2, 0.25) is 0 Å². The SMILES string of the molecule is CCC1CN(Cc2ccc(C#N)cc2F)CCO1. The van der Waals surface area contributed by atoms with Crippen molar-refractivity contribution in [1.82, 2.24) is 4.90 Å². The number of hydrogen-bond acceptors (Lipinski definition) is 3. The minimum absolute atomic E-state index is 0.250. The molecular weight excluding hydrogens is 231 g/mol. The lowest BCUT2D eigenvalue weighted by molar-refractivity contribution is -0.0327. The van der Waals surface area contributed by atoms with Gasteiger partial charge in [-0.25, -0.2) is 4.39 Å². The smallest absolute Gasteiger partial charge is 0.129 e. The van der Waals surface area contributed by atoms with Gasteiger partial charge in [-0.1, -0.05) is 13.0 Å². The Morgan fingerprint density at radius 1 is 1.56 bits per heavy atom. The molecule has 2 rings (SSSR count). The van der Waals surface area contributed by atoms with Gasteiger partial charge in [0.25, 0.3) is 0 Å². The van der Waals surface area contributed by atoms with Crippen LogP contribution in [-0.2, 0) is 11.3 Å². The Balaban J connectivity index is 2.03. The summed E-state index contributed by atoms with van der Waals surface area (Å²) in [6.07, 6.45) is 1.23. The summed E-state index contributed by atoms with van der Waals surface area (Å²) in [7, 11) is 0. The molecule has 1 aromatic carbocycles. The first-order chi connectivity index (χ1) is 8.72. The average molecular weight is 248 g/mol. The van der Waals surface area contributed by atoms with Gasteiger partial charge in [-0.05, 0) is 18.6 Å². The van der Waals surface area contributed by atoms with Crippen molar-refractivity contribution in [2.75, 3.05) is 19.7 Å². The van der Waals surface area contributed by atoms with E-state index in [1.54, 1.807) is 12.1 Å². The third kappa shape index (κ3) is 3.06. The highest BCUT2D eigenvalue weighted by Crippen LogP contribution is 2.15. The average Bonchev–Trinajstić information content (AvgIpc) is 2.41. The molecule has 0 N–H and O–H groups in total. The van der Waals surface area contributed by atoms with Gasteiger partial charge in [0.2, 0.25) is 0 Å². The predicted octanol–water partition coefficient (Wildman–Crippen LogP) is 2.31. The zero-order valence-electron chi connectivity index (χ0n) is 10.5. The maximum Gasteiger partial charge on any atom is 0.129 e. The third-order valence-electron chi connectivity index (χ3n) is 3.25. The van der Waals surface area contributed by atoms with Crippen molar-refractivity contribution in [2.24, 2.45) is 0 Å². The summed E-state index contributed by atoms with van der Waals surface area (Å²) in [5.41, 5.74) is 1.01.